The minimum Gasteiger partial charge on any atom is -0.298 e. The van der Waals surface area contributed by atoms with Gasteiger partial charge in [-0.3, -0.25) is 4.90 Å². The molecule has 0 radical (unpaired) electrons. The normalized spacial score (nSPS) is 12.0. The van der Waals surface area contributed by atoms with Gasteiger partial charge in [0.15, 0.2) is 0 Å². The van der Waals surface area contributed by atoms with E-state index in [9.17, 15) is 0 Å². The zero-order chi connectivity index (χ0) is 21.4. The molecule has 0 aliphatic heterocycles. The maximum atomic E-state index is 3.23. The first kappa shape index (κ1) is 21.6. The van der Waals surface area contributed by atoms with Crippen LogP contribution in [0.15, 0.2) is 78.9 Å². The summed E-state index contributed by atoms with van der Waals surface area (Å²) in [5.74, 6) is 6.36. The van der Waals surface area contributed by atoms with Gasteiger partial charge in [-0.15, -0.1) is 0 Å². The van der Waals surface area contributed by atoms with Crippen LogP contribution in [0.2, 0.25) is 0 Å². The minimum absolute atomic E-state index is 0.0518. The van der Waals surface area contributed by atoms with Crippen molar-refractivity contribution in [3.63, 3.8) is 0 Å². The van der Waals surface area contributed by atoms with Gasteiger partial charge < -0.3 is 0 Å². The molecule has 0 spiro atoms. The summed E-state index contributed by atoms with van der Waals surface area (Å²) in [6.45, 7) is 8.17. The summed E-state index contributed by atoms with van der Waals surface area (Å²) in [4.78, 5) is 2.29. The Morgan fingerprint density at radius 3 is 2.50 bits per heavy atom. The zero-order valence-corrected chi connectivity index (χ0v) is 18.5. The van der Waals surface area contributed by atoms with Crippen LogP contribution in [0.5, 0.6) is 0 Å². The Bertz CT molecular complexity index is 1090. The Hall–Kier alpha value is -3.08. The summed E-state index contributed by atoms with van der Waals surface area (Å²) in [7, 11) is 2.14. The Kier molecular flexibility index (Phi) is 7.28. The van der Waals surface area contributed by atoms with Gasteiger partial charge in [-0.25, -0.2) is 0 Å². The molecule has 0 aromatic heterocycles. The SMILES string of the molecule is CN(C/C=C/C#CC(C)(C)C)Cc1cccc(/C=C/c2cccc3ccccc23)c1. The molecule has 0 heterocycles. The van der Waals surface area contributed by atoms with E-state index in [0.29, 0.717) is 0 Å². The van der Waals surface area contributed by atoms with Crippen LogP contribution in [0, 0.1) is 17.3 Å². The Labute approximate surface area is 181 Å². The fourth-order valence-corrected chi connectivity index (χ4v) is 3.30. The van der Waals surface area contributed by atoms with E-state index in [1.165, 1.54) is 27.5 Å². The second kappa shape index (κ2) is 10.1. The van der Waals surface area contributed by atoms with Gasteiger partial charge >= 0.3 is 0 Å². The van der Waals surface area contributed by atoms with Crippen LogP contribution >= 0.6 is 0 Å². The molecule has 0 amide bonds. The summed E-state index contributed by atoms with van der Waals surface area (Å²) in [5.41, 5.74) is 3.83. The summed E-state index contributed by atoms with van der Waals surface area (Å²) in [6.07, 6.45) is 8.50. The van der Waals surface area contributed by atoms with Crippen molar-refractivity contribution in [2.75, 3.05) is 13.6 Å². The van der Waals surface area contributed by atoms with E-state index in [1.54, 1.807) is 0 Å². The quantitative estimate of drug-likeness (QED) is 0.320. The van der Waals surface area contributed by atoms with E-state index in [1.807, 2.05) is 6.08 Å². The van der Waals surface area contributed by atoms with Gasteiger partial charge in [-0.2, -0.15) is 0 Å². The van der Waals surface area contributed by atoms with Gasteiger partial charge in [-0.1, -0.05) is 96.8 Å². The van der Waals surface area contributed by atoms with Crippen LogP contribution in [0.1, 0.15) is 37.5 Å². The van der Waals surface area contributed by atoms with E-state index >= 15 is 0 Å². The number of nitrogens with zero attached hydrogens (tertiary/aromatic N) is 1. The molecule has 0 unspecified atom stereocenters. The number of benzene rings is 3. The molecule has 0 aliphatic carbocycles. The highest BCUT2D eigenvalue weighted by molar-refractivity contribution is 5.92. The Morgan fingerprint density at radius 1 is 0.900 bits per heavy atom. The topological polar surface area (TPSA) is 3.24 Å². The molecule has 3 rings (SSSR count). The number of fused-ring (bicyclic) bond motifs is 1. The molecule has 1 heteroatoms. The first-order chi connectivity index (χ1) is 14.4. The molecule has 30 heavy (non-hydrogen) atoms. The summed E-state index contributed by atoms with van der Waals surface area (Å²) in [6, 6.07) is 23.7. The fraction of sp³-hybridized carbons (Fsp3) is 0.241. The predicted molar refractivity (Wildman–Crippen MR) is 132 cm³/mol. The molecule has 0 fully saturated rings. The lowest BCUT2D eigenvalue weighted by Crippen LogP contribution is -2.17. The molecule has 3 aromatic carbocycles. The van der Waals surface area contributed by atoms with E-state index in [2.05, 4.69) is 130 Å². The lowest BCUT2D eigenvalue weighted by atomic mass is 9.98. The lowest BCUT2D eigenvalue weighted by Gasteiger charge is -2.14. The van der Waals surface area contributed by atoms with E-state index in [4.69, 9.17) is 0 Å². The van der Waals surface area contributed by atoms with Crippen molar-refractivity contribution in [2.24, 2.45) is 5.41 Å². The number of hydrogen-bond donors (Lipinski definition) is 0. The van der Waals surface area contributed by atoms with Crippen molar-refractivity contribution in [1.82, 2.24) is 4.90 Å². The fourth-order valence-electron chi connectivity index (χ4n) is 3.30. The van der Waals surface area contributed by atoms with Crippen LogP contribution < -0.4 is 0 Å². The Morgan fingerprint density at radius 2 is 1.67 bits per heavy atom. The van der Waals surface area contributed by atoms with Gasteiger partial charge in [0.25, 0.3) is 0 Å². The van der Waals surface area contributed by atoms with E-state index in [0.717, 1.165) is 13.1 Å². The van der Waals surface area contributed by atoms with Gasteiger partial charge in [0, 0.05) is 18.5 Å². The lowest BCUT2D eigenvalue weighted by molar-refractivity contribution is 0.363. The van der Waals surface area contributed by atoms with Crippen molar-refractivity contribution in [3.05, 3.63) is 95.6 Å². The molecule has 152 valence electrons. The average molecular weight is 394 g/mol. The molecular weight excluding hydrogens is 362 g/mol. The second-order valence-electron chi connectivity index (χ2n) is 8.77. The first-order valence-corrected chi connectivity index (χ1v) is 10.5. The van der Waals surface area contributed by atoms with Gasteiger partial charge in [0.2, 0.25) is 0 Å². The maximum absolute atomic E-state index is 3.23. The molecule has 0 aliphatic rings. The molecule has 1 nitrogen and oxygen atoms in total. The van der Waals surface area contributed by atoms with E-state index < -0.39 is 0 Å². The minimum atomic E-state index is 0.0518. The monoisotopic (exact) mass is 393 g/mol. The van der Waals surface area contributed by atoms with Crippen LogP contribution in [-0.4, -0.2) is 18.5 Å². The smallest absolute Gasteiger partial charge is 0.0234 e. The number of likely N-dealkylation sites (N-methyl/N-ethyl adjacent to an activating group) is 1. The highest BCUT2D eigenvalue weighted by Crippen LogP contribution is 2.21. The van der Waals surface area contributed by atoms with Gasteiger partial charge in [-0.05, 0) is 61.4 Å². The molecule has 0 bridgehead atoms. The highest BCUT2D eigenvalue weighted by Gasteiger charge is 2.02. The summed E-state index contributed by atoms with van der Waals surface area (Å²) in [5, 5.41) is 2.56. The molecule has 0 atom stereocenters. The molecule has 0 saturated heterocycles. The third-order valence-corrected chi connectivity index (χ3v) is 4.75. The van der Waals surface area contributed by atoms with Crippen LogP contribution in [0.25, 0.3) is 22.9 Å². The van der Waals surface area contributed by atoms with Crippen LogP contribution in [0.3, 0.4) is 0 Å². The molecular formula is C29H31N. The van der Waals surface area contributed by atoms with Crippen molar-refractivity contribution in [1.29, 1.82) is 0 Å². The first-order valence-electron chi connectivity index (χ1n) is 10.5. The zero-order valence-electron chi connectivity index (χ0n) is 18.5. The number of hydrogen-bond acceptors (Lipinski definition) is 1. The predicted octanol–water partition coefficient (Wildman–Crippen LogP) is 7.05. The molecule has 0 N–H and O–H groups in total. The van der Waals surface area contributed by atoms with Crippen LogP contribution in [0.4, 0.5) is 0 Å². The van der Waals surface area contributed by atoms with Gasteiger partial charge in [0.1, 0.15) is 0 Å². The standard InChI is InChI=1S/C29H31N/c1-29(2,3)20-8-5-9-21-30(4)23-25-13-10-12-24(22-25)18-19-27-16-11-15-26-14-6-7-17-28(26)27/h5-7,9-19,22H,21,23H2,1-4H3/b9-5+,19-18+. The molecule has 0 saturated carbocycles. The second-order valence-corrected chi connectivity index (χ2v) is 8.77. The third kappa shape index (κ3) is 6.76. The number of allylic oxidation sites excluding steroid dienone is 1. The van der Waals surface area contributed by atoms with Crippen LogP contribution in [-0.2, 0) is 6.54 Å². The van der Waals surface area contributed by atoms with Crippen molar-refractivity contribution in [2.45, 2.75) is 27.3 Å². The Balaban J connectivity index is 1.63. The van der Waals surface area contributed by atoms with E-state index in [-0.39, 0.29) is 5.41 Å². The summed E-state index contributed by atoms with van der Waals surface area (Å²) >= 11 is 0. The largest absolute Gasteiger partial charge is 0.298 e. The van der Waals surface area contributed by atoms with Crippen molar-refractivity contribution < 1.29 is 0 Å². The molecule has 3 aromatic rings. The highest BCUT2D eigenvalue weighted by atomic mass is 15.1. The number of rotatable bonds is 6. The van der Waals surface area contributed by atoms with Gasteiger partial charge in [0.05, 0.1) is 0 Å². The third-order valence-electron chi connectivity index (χ3n) is 4.75. The maximum Gasteiger partial charge on any atom is 0.0234 e. The average Bonchev–Trinajstić information content (AvgIpc) is 2.71. The summed E-state index contributed by atoms with van der Waals surface area (Å²) < 4.78 is 0. The van der Waals surface area contributed by atoms with Crippen molar-refractivity contribution >= 4 is 22.9 Å². The van der Waals surface area contributed by atoms with Crippen molar-refractivity contribution in [3.8, 4) is 11.8 Å².